The first kappa shape index (κ1) is 15.5. The van der Waals surface area contributed by atoms with E-state index < -0.39 is 15.7 Å². The van der Waals surface area contributed by atoms with Crippen LogP contribution in [0.15, 0.2) is 58.3 Å². The van der Waals surface area contributed by atoms with Gasteiger partial charge in [0.1, 0.15) is 5.82 Å². The summed E-state index contributed by atoms with van der Waals surface area (Å²) in [6, 6.07) is 11.8. The summed E-state index contributed by atoms with van der Waals surface area (Å²) in [6.45, 7) is 5.38. The van der Waals surface area contributed by atoms with Gasteiger partial charge in [-0.3, -0.25) is 0 Å². The molecule has 0 atom stereocenters. The molecule has 0 amide bonds. The smallest absolute Gasteiger partial charge is 0.208 e. The van der Waals surface area contributed by atoms with E-state index in [9.17, 15) is 12.8 Å². The monoisotopic (exact) mass is 307 g/mol. The fourth-order valence-electron chi connectivity index (χ4n) is 2.25. The topological polar surface area (TPSA) is 37.4 Å². The second-order valence-corrected chi connectivity index (χ2v) is 6.52. The van der Waals surface area contributed by atoms with E-state index in [2.05, 4.69) is 0 Å². The molecule has 0 radical (unpaired) electrons. The summed E-state index contributed by atoms with van der Waals surface area (Å²) < 4.78 is 38.5. The number of benzene rings is 2. The Labute approximate surface area is 124 Å². The molecule has 0 aliphatic heterocycles. The van der Waals surface area contributed by atoms with Gasteiger partial charge < -0.3 is 4.90 Å². The van der Waals surface area contributed by atoms with E-state index >= 15 is 0 Å². The van der Waals surface area contributed by atoms with E-state index in [1.807, 2.05) is 24.8 Å². The highest BCUT2D eigenvalue weighted by molar-refractivity contribution is 7.91. The second-order valence-electron chi connectivity index (χ2n) is 4.60. The minimum Gasteiger partial charge on any atom is -0.371 e. The summed E-state index contributed by atoms with van der Waals surface area (Å²) in [5.74, 6) is -0.453. The zero-order chi connectivity index (χ0) is 15.5. The van der Waals surface area contributed by atoms with E-state index in [1.165, 1.54) is 12.1 Å². The number of hydrogen-bond donors (Lipinski definition) is 0. The number of nitrogens with zero attached hydrogens (tertiary/aromatic N) is 1. The minimum absolute atomic E-state index is 0.100. The molecular weight excluding hydrogens is 289 g/mol. The molecule has 0 aliphatic carbocycles. The third-order valence-corrected chi connectivity index (χ3v) is 5.20. The van der Waals surface area contributed by atoms with Crippen molar-refractivity contribution in [3.05, 3.63) is 54.3 Å². The summed E-state index contributed by atoms with van der Waals surface area (Å²) >= 11 is 0. The molecule has 112 valence electrons. The molecule has 0 unspecified atom stereocenters. The average molecular weight is 307 g/mol. The fourth-order valence-corrected chi connectivity index (χ4v) is 3.73. The van der Waals surface area contributed by atoms with Gasteiger partial charge in [-0.15, -0.1) is 0 Å². The predicted molar refractivity (Wildman–Crippen MR) is 81.9 cm³/mol. The maximum atomic E-state index is 13.0. The molecule has 0 saturated carbocycles. The van der Waals surface area contributed by atoms with Crippen LogP contribution in [0, 0.1) is 5.82 Å². The summed E-state index contributed by atoms with van der Waals surface area (Å²) in [5, 5.41) is 0. The van der Waals surface area contributed by atoms with Crippen molar-refractivity contribution in [3.63, 3.8) is 0 Å². The van der Waals surface area contributed by atoms with Crippen molar-refractivity contribution in [2.24, 2.45) is 0 Å². The number of para-hydroxylation sites is 1. The molecule has 0 saturated heterocycles. The SMILES string of the molecule is CCN(CC)c1ccccc1S(=O)(=O)c1ccc(F)cc1. The Kier molecular flexibility index (Phi) is 4.63. The van der Waals surface area contributed by atoms with Crippen LogP contribution in [0.3, 0.4) is 0 Å². The van der Waals surface area contributed by atoms with E-state index in [0.717, 1.165) is 12.1 Å². The normalized spacial score (nSPS) is 11.4. The Morgan fingerprint density at radius 2 is 1.52 bits per heavy atom. The van der Waals surface area contributed by atoms with E-state index in [-0.39, 0.29) is 9.79 Å². The van der Waals surface area contributed by atoms with Crippen molar-refractivity contribution in [2.45, 2.75) is 23.6 Å². The summed E-state index contributed by atoms with van der Waals surface area (Å²) in [5.41, 5.74) is 0.673. The fraction of sp³-hybridized carbons (Fsp3) is 0.250. The highest BCUT2D eigenvalue weighted by Crippen LogP contribution is 2.30. The van der Waals surface area contributed by atoms with Crippen molar-refractivity contribution in [3.8, 4) is 0 Å². The first-order valence-electron chi connectivity index (χ1n) is 6.85. The van der Waals surface area contributed by atoms with Gasteiger partial charge in [-0.1, -0.05) is 12.1 Å². The number of sulfone groups is 1. The van der Waals surface area contributed by atoms with Gasteiger partial charge in [0.2, 0.25) is 9.84 Å². The molecule has 2 aromatic rings. The number of anilines is 1. The molecule has 0 aromatic heterocycles. The van der Waals surface area contributed by atoms with E-state index in [4.69, 9.17) is 0 Å². The molecule has 0 heterocycles. The quantitative estimate of drug-likeness (QED) is 0.793. The maximum Gasteiger partial charge on any atom is 0.208 e. The maximum absolute atomic E-state index is 13.0. The van der Waals surface area contributed by atoms with Gasteiger partial charge >= 0.3 is 0 Å². The molecule has 2 aromatic carbocycles. The molecule has 0 fully saturated rings. The zero-order valence-corrected chi connectivity index (χ0v) is 12.9. The van der Waals surface area contributed by atoms with Gasteiger partial charge in [-0.05, 0) is 50.2 Å². The van der Waals surface area contributed by atoms with Gasteiger partial charge in [0.25, 0.3) is 0 Å². The molecule has 0 spiro atoms. The lowest BCUT2D eigenvalue weighted by Gasteiger charge is -2.23. The largest absolute Gasteiger partial charge is 0.371 e. The Balaban J connectivity index is 2.57. The van der Waals surface area contributed by atoms with Gasteiger partial charge in [-0.2, -0.15) is 0 Å². The standard InChI is InChI=1S/C16H18FNO2S/c1-3-18(4-2)15-7-5-6-8-16(15)21(19,20)14-11-9-13(17)10-12-14/h5-12H,3-4H2,1-2H3. The van der Waals surface area contributed by atoms with Crippen LogP contribution in [0.5, 0.6) is 0 Å². The lowest BCUT2D eigenvalue weighted by Crippen LogP contribution is -2.24. The molecule has 2 rings (SSSR count). The minimum atomic E-state index is -3.66. The Bertz CT molecular complexity index is 707. The van der Waals surface area contributed by atoms with Crippen molar-refractivity contribution in [2.75, 3.05) is 18.0 Å². The molecular formula is C16H18FNO2S. The van der Waals surface area contributed by atoms with Crippen LogP contribution >= 0.6 is 0 Å². The van der Waals surface area contributed by atoms with Crippen LogP contribution in [0.2, 0.25) is 0 Å². The van der Waals surface area contributed by atoms with Gasteiger partial charge in [0, 0.05) is 13.1 Å². The lowest BCUT2D eigenvalue weighted by atomic mass is 10.3. The first-order chi connectivity index (χ1) is 10.0. The van der Waals surface area contributed by atoms with Crippen molar-refractivity contribution in [1.29, 1.82) is 0 Å². The van der Waals surface area contributed by atoms with Crippen LogP contribution in [0.4, 0.5) is 10.1 Å². The van der Waals surface area contributed by atoms with Crippen molar-refractivity contribution < 1.29 is 12.8 Å². The van der Waals surface area contributed by atoms with Crippen LogP contribution in [-0.4, -0.2) is 21.5 Å². The van der Waals surface area contributed by atoms with Crippen LogP contribution in [0.1, 0.15) is 13.8 Å². The van der Waals surface area contributed by atoms with Crippen LogP contribution < -0.4 is 4.90 Å². The third-order valence-electron chi connectivity index (χ3n) is 3.38. The van der Waals surface area contributed by atoms with Crippen LogP contribution in [0.25, 0.3) is 0 Å². The van der Waals surface area contributed by atoms with Gasteiger partial charge in [-0.25, -0.2) is 12.8 Å². The van der Waals surface area contributed by atoms with E-state index in [0.29, 0.717) is 18.8 Å². The van der Waals surface area contributed by atoms with Crippen molar-refractivity contribution in [1.82, 2.24) is 0 Å². The van der Waals surface area contributed by atoms with Crippen molar-refractivity contribution >= 4 is 15.5 Å². The number of hydrogen-bond acceptors (Lipinski definition) is 3. The second kappa shape index (κ2) is 6.26. The lowest BCUT2D eigenvalue weighted by molar-refractivity contribution is 0.594. The van der Waals surface area contributed by atoms with Crippen LogP contribution in [-0.2, 0) is 9.84 Å². The summed E-state index contributed by atoms with van der Waals surface area (Å²) in [7, 11) is -3.66. The Morgan fingerprint density at radius 3 is 2.10 bits per heavy atom. The van der Waals surface area contributed by atoms with E-state index in [1.54, 1.807) is 18.2 Å². The summed E-state index contributed by atoms with van der Waals surface area (Å²) in [6.07, 6.45) is 0. The predicted octanol–water partition coefficient (Wildman–Crippen LogP) is 3.50. The number of rotatable bonds is 5. The van der Waals surface area contributed by atoms with Gasteiger partial charge in [0.05, 0.1) is 15.5 Å². The first-order valence-corrected chi connectivity index (χ1v) is 8.33. The molecule has 5 heteroatoms. The molecule has 3 nitrogen and oxygen atoms in total. The molecule has 0 aliphatic rings. The highest BCUT2D eigenvalue weighted by Gasteiger charge is 2.22. The average Bonchev–Trinajstić information content (AvgIpc) is 2.49. The third kappa shape index (κ3) is 3.08. The van der Waals surface area contributed by atoms with Gasteiger partial charge in [0.15, 0.2) is 0 Å². The molecule has 0 bridgehead atoms. The molecule has 21 heavy (non-hydrogen) atoms. The molecule has 0 N–H and O–H groups in total. The Hall–Kier alpha value is -1.88. The zero-order valence-electron chi connectivity index (χ0n) is 12.1. The number of halogens is 1. The Morgan fingerprint density at radius 1 is 0.952 bits per heavy atom. The highest BCUT2D eigenvalue weighted by atomic mass is 32.2. The summed E-state index contributed by atoms with van der Waals surface area (Å²) in [4.78, 5) is 2.33.